The van der Waals surface area contributed by atoms with Gasteiger partial charge in [-0.05, 0) is 75.2 Å². The van der Waals surface area contributed by atoms with E-state index in [1.807, 2.05) is 0 Å². The number of hydrogen-bond donors (Lipinski definition) is 2. The number of pyridine rings is 1. The lowest BCUT2D eigenvalue weighted by molar-refractivity contribution is 0.0978. The predicted molar refractivity (Wildman–Crippen MR) is 129 cm³/mol. The van der Waals surface area contributed by atoms with E-state index in [1.54, 1.807) is 17.0 Å². The summed E-state index contributed by atoms with van der Waals surface area (Å²) in [7, 11) is -3.15. The Hall–Kier alpha value is -1.94. The molecule has 0 radical (unpaired) electrons. The van der Waals surface area contributed by atoms with Gasteiger partial charge in [0.1, 0.15) is 11.6 Å². The Labute approximate surface area is 209 Å². The summed E-state index contributed by atoms with van der Waals surface area (Å²) in [5.41, 5.74) is 1.27. The van der Waals surface area contributed by atoms with Gasteiger partial charge in [-0.15, -0.1) is 0 Å². The molecule has 0 bridgehead atoms. The molecule has 1 aliphatic carbocycles. The zero-order chi connectivity index (χ0) is 24.4. The first kappa shape index (κ1) is 25.2. The summed E-state index contributed by atoms with van der Waals surface area (Å²) in [6.45, 7) is 4.22. The monoisotopic (exact) mass is 529 g/mol. The van der Waals surface area contributed by atoms with Gasteiger partial charge < -0.3 is 4.74 Å². The van der Waals surface area contributed by atoms with Crippen LogP contribution >= 0.6 is 23.2 Å². The summed E-state index contributed by atoms with van der Waals surface area (Å²) < 4.78 is 43.9. The van der Waals surface area contributed by atoms with Crippen LogP contribution < -0.4 is 9.46 Å². The second-order valence-corrected chi connectivity index (χ2v) is 10.4. The van der Waals surface area contributed by atoms with Crippen LogP contribution in [0.5, 0.6) is 5.75 Å². The van der Waals surface area contributed by atoms with Crippen LogP contribution in [0, 0.1) is 11.7 Å². The van der Waals surface area contributed by atoms with E-state index in [9.17, 15) is 17.6 Å². The first-order valence-corrected chi connectivity index (χ1v) is 13.1. The third kappa shape index (κ3) is 6.00. The minimum Gasteiger partial charge on any atom is -0.493 e. The van der Waals surface area contributed by atoms with Gasteiger partial charge in [0.25, 0.3) is 5.91 Å². The molecule has 1 amide bonds. The van der Waals surface area contributed by atoms with Crippen LogP contribution in [-0.4, -0.2) is 43.9 Å². The Balaban J connectivity index is 1.37. The quantitative estimate of drug-likeness (QED) is 0.489. The number of hydrogen-bond acceptors (Lipinski definition) is 6. The summed E-state index contributed by atoms with van der Waals surface area (Å²) in [6, 6.07) is 4.38. The number of rotatable bonds is 8. The molecule has 2 aliphatic rings. The first-order valence-electron chi connectivity index (χ1n) is 11.2. The molecule has 1 aromatic carbocycles. The number of ether oxygens (including phenoxy) is 1. The van der Waals surface area contributed by atoms with E-state index < -0.39 is 22.6 Å². The molecule has 1 N–H and O–H groups in total. The number of thiol groups is 1. The number of carbonyl (C=O) groups excluding carboxylic acids is 1. The third-order valence-corrected chi connectivity index (χ3v) is 7.35. The zero-order valence-corrected chi connectivity index (χ0v) is 21.0. The predicted octanol–water partition coefficient (Wildman–Crippen LogP) is 4.51. The van der Waals surface area contributed by atoms with Gasteiger partial charge >= 0.3 is 0 Å². The molecule has 1 atom stereocenters. The number of amides is 1. The van der Waals surface area contributed by atoms with Gasteiger partial charge in [0.15, 0.2) is 0 Å². The van der Waals surface area contributed by atoms with Crippen LogP contribution in [0.4, 0.5) is 4.39 Å². The molecule has 1 saturated carbocycles. The van der Waals surface area contributed by atoms with Crippen molar-refractivity contribution < 1.29 is 22.3 Å². The topological polar surface area (TPSA) is 88.6 Å². The summed E-state index contributed by atoms with van der Waals surface area (Å²) in [4.78, 5) is 18.7. The fourth-order valence-corrected chi connectivity index (χ4v) is 5.17. The molecule has 7 nitrogen and oxygen atoms in total. The van der Waals surface area contributed by atoms with Crippen molar-refractivity contribution >= 4 is 40.0 Å². The molecule has 11 heteroatoms. The Morgan fingerprint density at radius 3 is 2.56 bits per heavy atom. The second kappa shape index (κ2) is 10.8. The van der Waals surface area contributed by atoms with Crippen LogP contribution in [0.1, 0.15) is 66.2 Å². The average molecular weight is 530 g/mol. The van der Waals surface area contributed by atoms with Crippen LogP contribution in [0.2, 0.25) is 10.0 Å². The van der Waals surface area contributed by atoms with Gasteiger partial charge in [-0.25, -0.2) is 12.8 Å². The molecule has 184 valence electrons. The van der Waals surface area contributed by atoms with E-state index in [0.29, 0.717) is 28.3 Å². The molecule has 2 heterocycles. The minimum absolute atomic E-state index is 0.0603. The van der Waals surface area contributed by atoms with Crippen LogP contribution in [-0.2, 0) is 10.9 Å². The first-order chi connectivity index (χ1) is 16.2. The van der Waals surface area contributed by atoms with Crippen molar-refractivity contribution in [1.82, 2.24) is 14.6 Å². The highest BCUT2D eigenvalue weighted by Crippen LogP contribution is 2.45. The molecule has 1 aromatic heterocycles. The van der Waals surface area contributed by atoms with Gasteiger partial charge in [-0.3, -0.25) is 19.4 Å². The Morgan fingerprint density at radius 1 is 1.24 bits per heavy atom. The SMILES string of the molecule is CC(c1ncc(Cl)cc1Cl)N1CCC(COc2cc(F)c(C(=O)N[SH](=O)=O)cc2C2CC2)CC1. The minimum atomic E-state index is -3.15. The average Bonchev–Trinajstić information content (AvgIpc) is 3.62. The molecule has 0 spiro atoms. The maximum Gasteiger partial charge on any atom is 0.267 e. The summed E-state index contributed by atoms with van der Waals surface area (Å²) in [5, 5.41) is 1.06. The smallest absolute Gasteiger partial charge is 0.267 e. The maximum atomic E-state index is 14.6. The number of nitrogens with one attached hydrogen (secondary N) is 1. The molecule has 1 aliphatic heterocycles. The van der Waals surface area contributed by atoms with E-state index in [1.165, 1.54) is 12.1 Å². The highest BCUT2D eigenvalue weighted by molar-refractivity contribution is 7.71. The molecule has 4 rings (SSSR count). The number of halogens is 3. The highest BCUT2D eigenvalue weighted by Gasteiger charge is 2.31. The number of piperidine rings is 1. The molecular weight excluding hydrogens is 504 g/mol. The van der Waals surface area contributed by atoms with Gasteiger partial charge in [0.05, 0.1) is 34.0 Å². The van der Waals surface area contributed by atoms with E-state index in [4.69, 9.17) is 27.9 Å². The van der Waals surface area contributed by atoms with Crippen LogP contribution in [0.3, 0.4) is 0 Å². The lowest BCUT2D eigenvalue weighted by Gasteiger charge is -2.36. The molecule has 2 aromatic rings. The van der Waals surface area contributed by atoms with Gasteiger partial charge in [-0.1, -0.05) is 23.2 Å². The number of benzene rings is 1. The molecule has 1 unspecified atom stereocenters. The fourth-order valence-electron chi connectivity index (χ4n) is 4.35. The van der Waals surface area contributed by atoms with Crippen LogP contribution in [0.25, 0.3) is 0 Å². The number of nitrogens with zero attached hydrogens (tertiary/aromatic N) is 2. The Morgan fingerprint density at radius 2 is 1.94 bits per heavy atom. The standard InChI is InChI=1S/C23H26Cl2FN3O4S/c1-13(22-19(25)8-16(24)11-27-22)29-6-4-14(5-7-29)12-33-21-10-20(26)18(23(30)28-34(31)32)9-17(21)15-2-3-15/h8-11,13-15,34H,2-7,12H2,1H3,(H,28,30,31,32). The third-order valence-electron chi connectivity index (χ3n) is 6.46. The van der Waals surface area contributed by atoms with E-state index >= 15 is 0 Å². The van der Waals surface area contributed by atoms with Gasteiger partial charge in [-0.2, -0.15) is 0 Å². The van der Waals surface area contributed by atoms with Crippen molar-refractivity contribution in [3.8, 4) is 5.75 Å². The normalized spacial score (nSPS) is 18.1. The van der Waals surface area contributed by atoms with E-state index in [2.05, 4.69) is 16.8 Å². The second-order valence-electron chi connectivity index (χ2n) is 8.83. The van der Waals surface area contributed by atoms with Crippen molar-refractivity contribution in [1.29, 1.82) is 0 Å². The Bertz CT molecular complexity index is 1140. The molecule has 2 fully saturated rings. The van der Waals surface area contributed by atoms with Crippen molar-refractivity contribution in [2.75, 3.05) is 19.7 Å². The van der Waals surface area contributed by atoms with Gasteiger partial charge in [0.2, 0.25) is 10.9 Å². The van der Waals surface area contributed by atoms with Crippen molar-refractivity contribution in [2.45, 2.75) is 44.6 Å². The lowest BCUT2D eigenvalue weighted by atomic mass is 9.96. The Kier molecular flexibility index (Phi) is 7.97. The maximum absolute atomic E-state index is 14.6. The summed E-state index contributed by atoms with van der Waals surface area (Å²) in [5.74, 6) is -0.846. The number of aromatic nitrogens is 1. The van der Waals surface area contributed by atoms with Crippen molar-refractivity contribution in [2.24, 2.45) is 5.92 Å². The molecular formula is C23H26Cl2FN3O4S. The summed E-state index contributed by atoms with van der Waals surface area (Å²) >= 11 is 12.3. The van der Waals surface area contributed by atoms with Crippen LogP contribution in [0.15, 0.2) is 24.4 Å². The highest BCUT2D eigenvalue weighted by atomic mass is 35.5. The van der Waals surface area contributed by atoms with E-state index in [-0.39, 0.29) is 17.5 Å². The van der Waals surface area contributed by atoms with Gasteiger partial charge in [0, 0.05) is 12.3 Å². The lowest BCUT2D eigenvalue weighted by Crippen LogP contribution is -2.37. The van der Waals surface area contributed by atoms with Crippen molar-refractivity contribution in [3.05, 3.63) is 57.1 Å². The van der Waals surface area contributed by atoms with E-state index in [0.717, 1.165) is 50.0 Å². The molecule has 1 saturated heterocycles. The number of likely N-dealkylation sites (tertiary alicyclic amines) is 1. The zero-order valence-electron chi connectivity index (χ0n) is 18.6. The number of carbonyl (C=O) groups is 1. The molecule has 34 heavy (non-hydrogen) atoms. The van der Waals surface area contributed by atoms with Crippen molar-refractivity contribution in [3.63, 3.8) is 0 Å². The largest absolute Gasteiger partial charge is 0.493 e. The fraction of sp³-hybridized carbons (Fsp3) is 0.478. The summed E-state index contributed by atoms with van der Waals surface area (Å²) in [6.07, 6.45) is 5.28.